The number of nitrogens with one attached hydrogen (secondary N) is 1. The molecule has 1 atom stereocenters. The second-order valence-electron chi connectivity index (χ2n) is 5.53. The van der Waals surface area contributed by atoms with E-state index in [2.05, 4.69) is 30.1 Å². The first-order valence-corrected chi connectivity index (χ1v) is 9.99. The second-order valence-corrected chi connectivity index (χ2v) is 8.12. The number of carbonyl (C=O) groups excluding carboxylic acids is 1. The van der Waals surface area contributed by atoms with E-state index in [-0.39, 0.29) is 10.9 Å². The van der Waals surface area contributed by atoms with E-state index < -0.39 is 39.0 Å². The van der Waals surface area contributed by atoms with Gasteiger partial charge in [0.05, 0.1) is 7.11 Å². The summed E-state index contributed by atoms with van der Waals surface area (Å²) in [5.74, 6) is -1.82. The zero-order valence-electron chi connectivity index (χ0n) is 14.4. The highest BCUT2D eigenvalue weighted by Crippen LogP contribution is 2.32. The number of benzene rings is 2. The monoisotopic (exact) mass is 481 g/mol. The average Bonchev–Trinajstić information content (AvgIpc) is 2.59. The normalized spacial score (nSPS) is 13.0. The van der Waals surface area contributed by atoms with Crippen molar-refractivity contribution < 1.29 is 35.9 Å². The van der Waals surface area contributed by atoms with E-state index in [1.54, 1.807) is 30.3 Å². The van der Waals surface area contributed by atoms with Crippen molar-refractivity contribution in [2.45, 2.75) is 23.7 Å². The third-order valence-corrected chi connectivity index (χ3v) is 5.49. The van der Waals surface area contributed by atoms with Crippen LogP contribution in [0.5, 0.6) is 5.75 Å². The van der Waals surface area contributed by atoms with Crippen molar-refractivity contribution in [2.75, 3.05) is 7.11 Å². The van der Waals surface area contributed by atoms with Crippen LogP contribution in [0.2, 0.25) is 0 Å². The van der Waals surface area contributed by atoms with Crippen molar-refractivity contribution in [1.82, 2.24) is 4.72 Å². The molecule has 0 aliphatic rings. The highest BCUT2D eigenvalue weighted by Gasteiger charge is 2.35. The lowest BCUT2D eigenvalue weighted by molar-refractivity contribution is -0.275. The van der Waals surface area contributed by atoms with Gasteiger partial charge in [0, 0.05) is 4.47 Å². The van der Waals surface area contributed by atoms with Crippen LogP contribution in [0.1, 0.15) is 5.56 Å². The molecule has 0 aliphatic carbocycles. The van der Waals surface area contributed by atoms with Crippen LogP contribution in [-0.2, 0) is 26.0 Å². The van der Waals surface area contributed by atoms with Gasteiger partial charge in [0.1, 0.15) is 10.9 Å². The van der Waals surface area contributed by atoms with Crippen molar-refractivity contribution in [2.24, 2.45) is 0 Å². The number of ether oxygens (including phenoxy) is 2. The maximum atomic E-state index is 12.7. The van der Waals surface area contributed by atoms with Crippen LogP contribution in [0.15, 0.2) is 57.9 Å². The fraction of sp³-hybridized carbons (Fsp3) is 0.235. The fourth-order valence-electron chi connectivity index (χ4n) is 2.32. The molecule has 2 rings (SSSR count). The first-order chi connectivity index (χ1) is 13.0. The van der Waals surface area contributed by atoms with Crippen LogP contribution in [-0.4, -0.2) is 33.9 Å². The maximum Gasteiger partial charge on any atom is 0.573 e. The molecule has 0 amide bonds. The Morgan fingerprint density at radius 3 is 2.39 bits per heavy atom. The van der Waals surface area contributed by atoms with E-state index in [0.717, 1.165) is 19.2 Å². The summed E-state index contributed by atoms with van der Waals surface area (Å²) < 4.78 is 74.0. The first-order valence-electron chi connectivity index (χ1n) is 7.71. The van der Waals surface area contributed by atoms with E-state index in [9.17, 15) is 26.4 Å². The standard InChI is InChI=1S/C17H15BrF3NO5S/c1-26-16(23)13(9-11-5-3-2-4-6-11)22-28(24,25)15-8-7-12(18)10-14(15)27-17(19,20)21/h2-8,10,13,22H,9H2,1H3. The van der Waals surface area contributed by atoms with Gasteiger partial charge in [-0.3, -0.25) is 4.79 Å². The summed E-state index contributed by atoms with van der Waals surface area (Å²) in [6.07, 6.45) is -5.16. The second kappa shape index (κ2) is 8.93. The molecule has 2 aromatic rings. The molecule has 1 unspecified atom stereocenters. The summed E-state index contributed by atoms with van der Waals surface area (Å²) in [6.45, 7) is 0. The number of halogens is 4. The molecule has 2 aromatic carbocycles. The highest BCUT2D eigenvalue weighted by molar-refractivity contribution is 9.10. The minimum atomic E-state index is -5.10. The Bertz CT molecular complexity index is 936. The SMILES string of the molecule is COC(=O)C(Cc1ccccc1)NS(=O)(=O)c1ccc(Br)cc1OC(F)(F)F. The summed E-state index contributed by atoms with van der Waals surface area (Å²) in [5, 5.41) is 0. The number of alkyl halides is 3. The molecule has 0 saturated heterocycles. The summed E-state index contributed by atoms with van der Waals surface area (Å²) in [6, 6.07) is 10.2. The van der Waals surface area contributed by atoms with Gasteiger partial charge in [-0.1, -0.05) is 46.3 Å². The number of hydrogen-bond acceptors (Lipinski definition) is 5. The molecular formula is C17H15BrF3NO5S. The van der Waals surface area contributed by atoms with Crippen molar-refractivity contribution in [3.63, 3.8) is 0 Å². The number of hydrogen-bond donors (Lipinski definition) is 1. The van der Waals surface area contributed by atoms with Gasteiger partial charge in [0.25, 0.3) is 0 Å². The molecule has 0 aliphatic heterocycles. The third kappa shape index (κ3) is 6.21. The summed E-state index contributed by atoms with van der Waals surface area (Å²) in [4.78, 5) is 11.3. The Hall–Kier alpha value is -2.11. The average molecular weight is 482 g/mol. The Kier molecular flexibility index (Phi) is 7.07. The summed E-state index contributed by atoms with van der Waals surface area (Å²) >= 11 is 2.96. The van der Waals surface area contributed by atoms with Crippen LogP contribution in [0, 0.1) is 0 Å². The van der Waals surface area contributed by atoms with Crippen LogP contribution in [0.25, 0.3) is 0 Å². The zero-order chi connectivity index (χ0) is 20.9. The minimum Gasteiger partial charge on any atom is -0.468 e. The smallest absolute Gasteiger partial charge is 0.468 e. The molecule has 0 spiro atoms. The van der Waals surface area contributed by atoms with Gasteiger partial charge in [0.2, 0.25) is 10.0 Å². The molecule has 0 fully saturated rings. The predicted octanol–water partition coefficient (Wildman–Crippen LogP) is 3.41. The lowest BCUT2D eigenvalue weighted by Crippen LogP contribution is -2.43. The number of sulfonamides is 1. The quantitative estimate of drug-likeness (QED) is 0.612. The molecule has 28 heavy (non-hydrogen) atoms. The van der Waals surface area contributed by atoms with Crippen molar-refractivity contribution in [3.8, 4) is 5.75 Å². The lowest BCUT2D eigenvalue weighted by Gasteiger charge is -2.19. The molecule has 1 N–H and O–H groups in total. The molecule has 11 heteroatoms. The Morgan fingerprint density at radius 2 is 1.82 bits per heavy atom. The fourth-order valence-corrected chi connectivity index (χ4v) is 3.96. The van der Waals surface area contributed by atoms with Gasteiger partial charge in [0.15, 0.2) is 5.75 Å². The topological polar surface area (TPSA) is 81.7 Å². The minimum absolute atomic E-state index is 0.0568. The largest absolute Gasteiger partial charge is 0.573 e. The van der Waals surface area contributed by atoms with Gasteiger partial charge in [-0.15, -0.1) is 13.2 Å². The van der Waals surface area contributed by atoms with E-state index in [4.69, 9.17) is 0 Å². The Labute approximate surface area is 167 Å². The lowest BCUT2D eigenvalue weighted by atomic mass is 10.1. The van der Waals surface area contributed by atoms with Crippen LogP contribution >= 0.6 is 15.9 Å². The van der Waals surface area contributed by atoms with Crippen molar-refractivity contribution >= 4 is 31.9 Å². The molecule has 0 heterocycles. The third-order valence-electron chi connectivity index (χ3n) is 3.49. The number of carbonyl (C=O) groups is 1. The predicted molar refractivity (Wildman–Crippen MR) is 97.1 cm³/mol. The van der Waals surface area contributed by atoms with Gasteiger partial charge >= 0.3 is 12.3 Å². The van der Waals surface area contributed by atoms with E-state index >= 15 is 0 Å². The summed E-state index contributed by atoms with van der Waals surface area (Å²) in [5.41, 5.74) is 0.628. The number of methoxy groups -OCH3 is 1. The maximum absolute atomic E-state index is 12.7. The molecule has 152 valence electrons. The van der Waals surface area contributed by atoms with E-state index in [1.807, 2.05) is 0 Å². The molecule has 0 bridgehead atoms. The zero-order valence-corrected chi connectivity index (χ0v) is 16.8. The first kappa shape index (κ1) is 22.2. The van der Waals surface area contributed by atoms with Crippen LogP contribution in [0.4, 0.5) is 13.2 Å². The molecule has 0 radical (unpaired) electrons. The summed E-state index contributed by atoms with van der Waals surface area (Å²) in [7, 11) is -3.48. The molecular weight excluding hydrogens is 467 g/mol. The van der Waals surface area contributed by atoms with Gasteiger partial charge in [-0.25, -0.2) is 8.42 Å². The van der Waals surface area contributed by atoms with Gasteiger partial charge in [-0.2, -0.15) is 4.72 Å². The van der Waals surface area contributed by atoms with Crippen molar-refractivity contribution in [1.29, 1.82) is 0 Å². The van der Waals surface area contributed by atoms with Crippen LogP contribution in [0.3, 0.4) is 0 Å². The Balaban J connectivity index is 2.37. The van der Waals surface area contributed by atoms with E-state index in [1.165, 1.54) is 6.07 Å². The van der Waals surface area contributed by atoms with E-state index in [0.29, 0.717) is 5.56 Å². The van der Waals surface area contributed by atoms with Crippen LogP contribution < -0.4 is 9.46 Å². The van der Waals surface area contributed by atoms with Gasteiger partial charge < -0.3 is 9.47 Å². The molecule has 6 nitrogen and oxygen atoms in total. The Morgan fingerprint density at radius 1 is 1.18 bits per heavy atom. The molecule has 0 aromatic heterocycles. The number of esters is 1. The number of rotatable bonds is 7. The molecule has 0 saturated carbocycles. The highest BCUT2D eigenvalue weighted by atomic mass is 79.9. The van der Waals surface area contributed by atoms with Gasteiger partial charge in [-0.05, 0) is 30.2 Å². The van der Waals surface area contributed by atoms with Crippen molar-refractivity contribution in [3.05, 3.63) is 58.6 Å².